The van der Waals surface area contributed by atoms with Gasteiger partial charge in [-0.3, -0.25) is 0 Å². The minimum absolute atomic E-state index is 0.154. The van der Waals surface area contributed by atoms with Gasteiger partial charge in [0.15, 0.2) is 0 Å². The Bertz CT molecular complexity index is 370. The quantitative estimate of drug-likeness (QED) is 0.476. The van der Waals surface area contributed by atoms with Crippen LogP contribution in [0.25, 0.3) is 0 Å². The van der Waals surface area contributed by atoms with Crippen molar-refractivity contribution in [1.29, 1.82) is 0 Å². The predicted octanol–water partition coefficient (Wildman–Crippen LogP) is 5.17. The number of carbonyl (C=O) groups excluding carboxylic acids is 1. The average Bonchev–Trinajstić information content (AvgIpc) is 2.66. The summed E-state index contributed by atoms with van der Waals surface area (Å²) in [5.41, 5.74) is -0.755. The summed E-state index contributed by atoms with van der Waals surface area (Å²) in [5.74, 6) is -0.183. The maximum atomic E-state index is 12.4. The molecular weight excluding hydrogens is 337 g/mol. The molecule has 0 unspecified atom stereocenters. The zero-order valence-electron chi connectivity index (χ0n) is 16.0. The van der Waals surface area contributed by atoms with E-state index >= 15 is 0 Å². The molecule has 0 aromatic rings. The van der Waals surface area contributed by atoms with E-state index < -0.39 is 18.9 Å². The third-order valence-electron chi connectivity index (χ3n) is 5.97. The second-order valence-corrected chi connectivity index (χ2v) is 21.1. The SMILES string of the molecule is CCOC(=O)[C@@]1(C)C[C@@H]([Ge]([CH](C)C)([CH](C)C)[CH](C)C)[C@H](C)O1. The van der Waals surface area contributed by atoms with Gasteiger partial charge >= 0.3 is 140 Å². The zero-order chi connectivity index (χ0) is 17.3. The molecule has 1 saturated heterocycles. The van der Waals surface area contributed by atoms with Crippen molar-refractivity contribution in [1.82, 2.24) is 0 Å². The first-order valence-electron chi connectivity index (χ1n) is 8.89. The predicted molar refractivity (Wildman–Crippen MR) is 95.0 cm³/mol. The third-order valence-corrected chi connectivity index (χ3v) is 22.7. The molecule has 1 aliphatic heterocycles. The molecule has 1 fully saturated rings. The van der Waals surface area contributed by atoms with E-state index in [1.54, 1.807) is 0 Å². The van der Waals surface area contributed by atoms with Crippen LogP contribution in [-0.4, -0.2) is 37.5 Å². The number of esters is 1. The molecular formula is C18H36GeO3. The molecule has 0 radical (unpaired) electrons. The molecule has 0 aromatic carbocycles. The van der Waals surface area contributed by atoms with Crippen LogP contribution in [0.15, 0.2) is 0 Å². The van der Waals surface area contributed by atoms with Crippen LogP contribution in [0.2, 0.25) is 19.0 Å². The van der Waals surface area contributed by atoms with E-state index in [0.29, 0.717) is 11.4 Å². The molecule has 130 valence electrons. The molecule has 0 aliphatic carbocycles. The molecule has 0 saturated carbocycles. The fourth-order valence-electron chi connectivity index (χ4n) is 5.41. The molecule has 1 heterocycles. The van der Waals surface area contributed by atoms with Gasteiger partial charge in [0.2, 0.25) is 0 Å². The Hall–Kier alpha value is -0.0271. The standard InChI is InChI=1S/C18H36GeO3/c1-10-21-17(20)18(9)11-16(15(8)22-18)19(12(2)3,13(4)5)14(6)7/h12-16H,10-11H2,1-9H3/t15-,16+,18+/m0/s1. The third kappa shape index (κ3) is 3.26. The van der Waals surface area contributed by atoms with E-state index in [2.05, 4.69) is 48.5 Å². The summed E-state index contributed by atoms with van der Waals surface area (Å²) in [6, 6.07) is 0. The van der Waals surface area contributed by atoms with Gasteiger partial charge in [0.05, 0.1) is 0 Å². The Kier molecular flexibility index (Phi) is 6.60. The summed E-state index contributed by atoms with van der Waals surface area (Å²) in [4.78, 5) is 12.4. The summed E-state index contributed by atoms with van der Waals surface area (Å²) in [6.45, 7) is 20.7. The molecule has 0 amide bonds. The molecule has 0 aromatic heterocycles. The fourth-order valence-corrected chi connectivity index (χ4v) is 22.6. The van der Waals surface area contributed by atoms with Crippen LogP contribution in [0.1, 0.15) is 68.7 Å². The van der Waals surface area contributed by atoms with Crippen LogP contribution in [0.4, 0.5) is 0 Å². The van der Waals surface area contributed by atoms with Crippen molar-refractivity contribution in [3.63, 3.8) is 0 Å². The number of ether oxygens (including phenoxy) is 2. The first-order chi connectivity index (χ1) is 10.0. The Morgan fingerprint density at radius 1 is 1.18 bits per heavy atom. The summed E-state index contributed by atoms with van der Waals surface area (Å²) in [5, 5.41) is 0. The Morgan fingerprint density at radius 2 is 1.64 bits per heavy atom. The normalized spacial score (nSPS) is 29.6. The molecule has 3 nitrogen and oxygen atoms in total. The van der Waals surface area contributed by atoms with Gasteiger partial charge in [0, 0.05) is 0 Å². The van der Waals surface area contributed by atoms with Gasteiger partial charge in [-0.25, -0.2) is 0 Å². The van der Waals surface area contributed by atoms with E-state index in [1.165, 1.54) is 0 Å². The molecule has 1 aliphatic rings. The number of carbonyl (C=O) groups is 1. The van der Waals surface area contributed by atoms with Crippen molar-refractivity contribution in [2.45, 2.75) is 99.4 Å². The Balaban J connectivity index is 3.21. The van der Waals surface area contributed by atoms with Crippen LogP contribution in [0.5, 0.6) is 0 Å². The molecule has 0 spiro atoms. The number of rotatable bonds is 6. The molecule has 22 heavy (non-hydrogen) atoms. The van der Waals surface area contributed by atoms with E-state index in [9.17, 15) is 4.79 Å². The Morgan fingerprint density at radius 3 is 2.00 bits per heavy atom. The second kappa shape index (κ2) is 7.25. The summed E-state index contributed by atoms with van der Waals surface area (Å²) in [6.07, 6.45) is 0.989. The van der Waals surface area contributed by atoms with Gasteiger partial charge in [-0.1, -0.05) is 0 Å². The van der Waals surface area contributed by atoms with Crippen LogP contribution in [0.3, 0.4) is 0 Å². The number of hydrogen-bond donors (Lipinski definition) is 0. The van der Waals surface area contributed by atoms with E-state index in [1.807, 2.05) is 13.8 Å². The summed E-state index contributed by atoms with van der Waals surface area (Å²) >= 11 is -2.28. The van der Waals surface area contributed by atoms with Crippen molar-refractivity contribution < 1.29 is 14.3 Å². The van der Waals surface area contributed by atoms with Gasteiger partial charge in [0.25, 0.3) is 0 Å². The van der Waals surface area contributed by atoms with E-state index in [0.717, 1.165) is 20.7 Å². The van der Waals surface area contributed by atoms with E-state index in [-0.39, 0.29) is 12.1 Å². The van der Waals surface area contributed by atoms with Gasteiger partial charge in [-0.15, -0.1) is 0 Å². The fraction of sp³-hybridized carbons (Fsp3) is 0.944. The van der Waals surface area contributed by atoms with Crippen LogP contribution >= 0.6 is 0 Å². The zero-order valence-corrected chi connectivity index (χ0v) is 18.1. The molecule has 1 rings (SSSR count). The Labute approximate surface area is 139 Å². The second-order valence-electron chi connectivity index (χ2n) is 8.05. The summed E-state index contributed by atoms with van der Waals surface area (Å²) < 4.78 is 14.2. The van der Waals surface area contributed by atoms with Gasteiger partial charge < -0.3 is 0 Å². The molecule has 3 atom stereocenters. The molecule has 4 heteroatoms. The van der Waals surface area contributed by atoms with Crippen LogP contribution < -0.4 is 0 Å². The van der Waals surface area contributed by atoms with Crippen LogP contribution in [0, 0.1) is 0 Å². The van der Waals surface area contributed by atoms with E-state index in [4.69, 9.17) is 9.47 Å². The van der Waals surface area contributed by atoms with Crippen molar-refractivity contribution in [3.8, 4) is 0 Å². The molecule has 0 N–H and O–H groups in total. The van der Waals surface area contributed by atoms with Gasteiger partial charge in [0.1, 0.15) is 0 Å². The number of hydrogen-bond acceptors (Lipinski definition) is 3. The summed E-state index contributed by atoms with van der Waals surface area (Å²) in [7, 11) is 0. The first-order valence-corrected chi connectivity index (χ1v) is 13.7. The van der Waals surface area contributed by atoms with Gasteiger partial charge in [-0.05, 0) is 0 Å². The monoisotopic (exact) mass is 374 g/mol. The average molecular weight is 373 g/mol. The van der Waals surface area contributed by atoms with Crippen molar-refractivity contribution in [3.05, 3.63) is 0 Å². The molecule has 0 bridgehead atoms. The first kappa shape index (κ1) is 20.0. The van der Waals surface area contributed by atoms with Gasteiger partial charge in [-0.2, -0.15) is 0 Å². The maximum absolute atomic E-state index is 12.4. The topological polar surface area (TPSA) is 35.5 Å². The minimum atomic E-state index is -2.28. The van der Waals surface area contributed by atoms with Crippen molar-refractivity contribution in [2.24, 2.45) is 0 Å². The van der Waals surface area contributed by atoms with Crippen LogP contribution in [-0.2, 0) is 14.3 Å². The van der Waals surface area contributed by atoms with Crippen molar-refractivity contribution in [2.75, 3.05) is 6.61 Å². The van der Waals surface area contributed by atoms with Crippen molar-refractivity contribution >= 4 is 19.2 Å².